The second-order valence-corrected chi connectivity index (χ2v) is 8.83. The van der Waals surface area contributed by atoms with Gasteiger partial charge in [-0.1, -0.05) is 0 Å². The molecule has 18 nitrogen and oxygen atoms in total. The Balaban J connectivity index is 1.88. The van der Waals surface area contributed by atoms with Crippen molar-refractivity contribution in [1.82, 2.24) is 14.9 Å². The van der Waals surface area contributed by atoms with Crippen LogP contribution >= 0.6 is 0 Å². The molecule has 2 aliphatic heterocycles. The summed E-state index contributed by atoms with van der Waals surface area (Å²) in [4.78, 5) is 49.1. The number of hydrogen-bond acceptors (Lipinski definition) is 14. The average molecular weight is 551 g/mol. The van der Waals surface area contributed by atoms with Gasteiger partial charge in [0, 0.05) is 19.2 Å². The first-order valence-corrected chi connectivity index (χ1v) is 11.2. The summed E-state index contributed by atoms with van der Waals surface area (Å²) >= 11 is 0. The molecular weight excluding hydrogens is 522 g/mol. The second-order valence-electron chi connectivity index (χ2n) is 8.83. The van der Waals surface area contributed by atoms with Gasteiger partial charge in [-0.2, -0.15) is 0 Å². The van der Waals surface area contributed by atoms with Crippen LogP contribution in [0.5, 0.6) is 0 Å². The van der Waals surface area contributed by atoms with Gasteiger partial charge in [-0.3, -0.25) is 19.1 Å². The van der Waals surface area contributed by atoms with Gasteiger partial charge < -0.3 is 60.4 Å². The molecule has 18 heteroatoms. The minimum atomic E-state index is -3.18. The van der Waals surface area contributed by atoms with E-state index in [-0.39, 0.29) is 0 Å². The summed E-state index contributed by atoms with van der Waals surface area (Å²) in [6.45, 7) is -0.965. The lowest BCUT2D eigenvalue weighted by atomic mass is 9.86. The molecule has 1 aromatic rings. The Morgan fingerprint density at radius 1 is 1.18 bits per heavy atom. The number of hydrogen-bond donors (Lipinski definition) is 10. The number of aliphatic carboxylic acids is 1. The number of nitrogens with one attached hydrogen (secondary N) is 2. The number of aromatic amines is 1. The van der Waals surface area contributed by atoms with Gasteiger partial charge >= 0.3 is 11.7 Å². The highest BCUT2D eigenvalue weighted by molar-refractivity contribution is 5.77. The minimum absolute atomic E-state index is 0.745. The standard InChI is InChI=1S/C20H29N3O15/c1-6(25)21-10-13(30)16(32)20(18(33)34,38-15(10)11(28)7(26)4-24)36-5-8-12(29)14(31)17(37-8)23-3-2-9(27)22-19(23)35/h2-3,7-8,10-17,24,26,28-32H,4-5H2,1H3,(H,21,25)(H,33,34)(H,22,27,35)/t7-,8-,10-,11-,12-,13-,14-,15-,16+,17-,20+/m1/s1. The topological polar surface area (TPSA) is 291 Å². The van der Waals surface area contributed by atoms with Gasteiger partial charge in [0.25, 0.3) is 11.3 Å². The summed E-state index contributed by atoms with van der Waals surface area (Å²) < 4.78 is 16.7. The van der Waals surface area contributed by atoms with Gasteiger partial charge in [0.15, 0.2) is 6.23 Å². The Bertz CT molecular complexity index is 1130. The van der Waals surface area contributed by atoms with Gasteiger partial charge in [-0.15, -0.1) is 0 Å². The van der Waals surface area contributed by atoms with E-state index >= 15 is 0 Å². The fraction of sp³-hybridized carbons (Fsp3) is 0.700. The molecule has 3 heterocycles. The molecule has 38 heavy (non-hydrogen) atoms. The van der Waals surface area contributed by atoms with E-state index in [4.69, 9.17) is 14.2 Å². The molecule has 2 aliphatic rings. The molecule has 0 bridgehead atoms. The third-order valence-corrected chi connectivity index (χ3v) is 6.26. The van der Waals surface area contributed by atoms with Gasteiger partial charge in [-0.25, -0.2) is 9.59 Å². The Kier molecular flexibility index (Phi) is 9.04. The third-order valence-electron chi connectivity index (χ3n) is 6.26. The molecular formula is C20H29N3O15. The molecule has 3 rings (SSSR count). The number of carboxylic acids is 1. The number of aliphatic hydroxyl groups excluding tert-OH is 7. The van der Waals surface area contributed by atoms with Crippen molar-refractivity contribution < 1.29 is 64.7 Å². The molecule has 1 aromatic heterocycles. The van der Waals surface area contributed by atoms with Gasteiger partial charge in [0.2, 0.25) is 5.91 Å². The van der Waals surface area contributed by atoms with E-state index in [1.807, 2.05) is 4.98 Å². The first kappa shape index (κ1) is 29.8. The summed E-state index contributed by atoms with van der Waals surface area (Å²) in [6.07, 6.45) is -16.3. The third kappa shape index (κ3) is 5.50. The zero-order valence-corrected chi connectivity index (χ0v) is 19.7. The maximum Gasteiger partial charge on any atom is 0.367 e. The Labute approximate surface area is 212 Å². The predicted octanol–water partition coefficient (Wildman–Crippen LogP) is -6.71. The van der Waals surface area contributed by atoms with Crippen LogP contribution in [0.4, 0.5) is 0 Å². The predicted molar refractivity (Wildman–Crippen MR) is 117 cm³/mol. The lowest BCUT2D eigenvalue weighted by Gasteiger charge is -2.49. The molecule has 0 spiro atoms. The number of carbonyl (C=O) groups excluding carboxylic acids is 1. The van der Waals surface area contributed by atoms with Crippen LogP contribution in [0.15, 0.2) is 21.9 Å². The fourth-order valence-corrected chi connectivity index (χ4v) is 4.26. The summed E-state index contributed by atoms with van der Waals surface area (Å²) in [5.74, 6) is -6.01. The second kappa shape index (κ2) is 11.5. The fourth-order valence-electron chi connectivity index (χ4n) is 4.26. The van der Waals surface area contributed by atoms with Crippen molar-refractivity contribution in [1.29, 1.82) is 0 Å². The van der Waals surface area contributed by atoms with Crippen molar-refractivity contribution in [2.45, 2.75) is 73.8 Å². The van der Waals surface area contributed by atoms with E-state index in [9.17, 15) is 60.0 Å². The van der Waals surface area contributed by atoms with E-state index in [1.165, 1.54) is 0 Å². The number of nitrogens with zero attached hydrogens (tertiary/aromatic N) is 1. The maximum atomic E-state index is 12.2. The van der Waals surface area contributed by atoms with Crippen LogP contribution in [0.25, 0.3) is 0 Å². The monoisotopic (exact) mass is 551 g/mol. The Morgan fingerprint density at radius 2 is 1.84 bits per heavy atom. The molecule has 214 valence electrons. The van der Waals surface area contributed by atoms with Crippen LogP contribution in [0.1, 0.15) is 13.2 Å². The zero-order chi connectivity index (χ0) is 28.5. The first-order chi connectivity index (χ1) is 17.7. The van der Waals surface area contributed by atoms with Crippen molar-refractivity contribution in [2.75, 3.05) is 13.2 Å². The average Bonchev–Trinajstić information content (AvgIpc) is 3.13. The Hall–Kier alpha value is -2.78. The van der Waals surface area contributed by atoms with E-state index in [0.717, 1.165) is 23.8 Å². The summed E-state index contributed by atoms with van der Waals surface area (Å²) in [5.41, 5.74) is -1.74. The highest BCUT2D eigenvalue weighted by Crippen LogP contribution is 2.36. The van der Waals surface area contributed by atoms with Gasteiger partial charge in [0.05, 0.1) is 19.3 Å². The number of ether oxygens (including phenoxy) is 3. The molecule has 1 amide bonds. The number of carboxylic acid groups (broad SMARTS) is 1. The van der Waals surface area contributed by atoms with E-state index in [0.29, 0.717) is 0 Å². The molecule has 2 saturated heterocycles. The van der Waals surface area contributed by atoms with Crippen molar-refractivity contribution in [3.63, 3.8) is 0 Å². The number of H-pyrrole nitrogens is 1. The smallest absolute Gasteiger partial charge is 0.367 e. The molecule has 0 aromatic carbocycles. The SMILES string of the molecule is CC(=O)N[C@@H]1[C@@H](O)[C@H](O)[C@@](OC[C@H]2O[C@@H](n3ccc(=O)[nH]c3=O)[C@H](O)[C@@H]2O)(C(=O)O)O[C@H]1[C@H](O)[C@H](O)CO. The minimum Gasteiger partial charge on any atom is -0.477 e. The van der Waals surface area contributed by atoms with Crippen LogP contribution in [0, 0.1) is 0 Å². The van der Waals surface area contributed by atoms with Crippen LogP contribution < -0.4 is 16.6 Å². The van der Waals surface area contributed by atoms with Crippen LogP contribution in [0.3, 0.4) is 0 Å². The number of carbonyl (C=O) groups is 2. The summed E-state index contributed by atoms with van der Waals surface area (Å²) in [7, 11) is 0. The van der Waals surface area contributed by atoms with Gasteiger partial charge in [-0.05, 0) is 0 Å². The van der Waals surface area contributed by atoms with Crippen molar-refractivity contribution in [2.24, 2.45) is 0 Å². The quantitative estimate of drug-likeness (QED) is 0.136. The Morgan fingerprint density at radius 3 is 2.39 bits per heavy atom. The molecule has 0 unspecified atom stereocenters. The highest BCUT2D eigenvalue weighted by atomic mass is 16.7. The lowest BCUT2D eigenvalue weighted by molar-refractivity contribution is -0.351. The summed E-state index contributed by atoms with van der Waals surface area (Å²) in [6, 6.07) is -0.736. The van der Waals surface area contributed by atoms with Crippen LogP contribution in [-0.4, -0.2) is 136 Å². The normalized spacial score (nSPS) is 36.9. The van der Waals surface area contributed by atoms with E-state index < -0.39 is 103 Å². The van der Waals surface area contributed by atoms with Crippen molar-refractivity contribution >= 4 is 11.9 Å². The number of rotatable bonds is 9. The largest absolute Gasteiger partial charge is 0.477 e. The maximum absolute atomic E-state index is 12.2. The number of amides is 1. The van der Waals surface area contributed by atoms with Crippen LogP contribution in [0.2, 0.25) is 0 Å². The molecule has 0 aliphatic carbocycles. The molecule has 11 atom stereocenters. The number of aromatic nitrogens is 2. The molecule has 10 N–H and O–H groups in total. The first-order valence-electron chi connectivity index (χ1n) is 11.2. The molecule has 0 saturated carbocycles. The van der Waals surface area contributed by atoms with E-state index in [1.54, 1.807) is 0 Å². The summed E-state index contributed by atoms with van der Waals surface area (Å²) in [5, 5.41) is 83.6. The lowest BCUT2D eigenvalue weighted by Crippen LogP contribution is -2.74. The molecule has 0 radical (unpaired) electrons. The van der Waals surface area contributed by atoms with Gasteiger partial charge in [0.1, 0.15) is 48.8 Å². The number of aliphatic hydroxyl groups is 7. The van der Waals surface area contributed by atoms with Crippen molar-refractivity contribution in [3.8, 4) is 0 Å². The zero-order valence-electron chi connectivity index (χ0n) is 19.7. The molecule has 2 fully saturated rings. The van der Waals surface area contributed by atoms with E-state index in [2.05, 4.69) is 5.32 Å². The van der Waals surface area contributed by atoms with Crippen LogP contribution in [-0.2, 0) is 23.8 Å². The van der Waals surface area contributed by atoms with Crippen molar-refractivity contribution in [3.05, 3.63) is 33.1 Å². The highest BCUT2D eigenvalue weighted by Gasteiger charge is 2.62.